The van der Waals surface area contributed by atoms with Crippen molar-refractivity contribution >= 4 is 33.2 Å². The van der Waals surface area contributed by atoms with Gasteiger partial charge in [0.15, 0.2) is 5.84 Å². The Kier molecular flexibility index (Phi) is 4.94. The Bertz CT molecular complexity index is 1210. The molecule has 29 heavy (non-hydrogen) atoms. The number of amidine groups is 1. The molecule has 0 aliphatic carbocycles. The summed E-state index contributed by atoms with van der Waals surface area (Å²) in [5.74, 6) is 1.07. The molecule has 0 radical (unpaired) electrons. The molecule has 0 amide bonds. The number of hydrogen-bond donors (Lipinski definition) is 1. The molecule has 5 nitrogen and oxygen atoms in total. The summed E-state index contributed by atoms with van der Waals surface area (Å²) < 4.78 is 35.0. The van der Waals surface area contributed by atoms with Crippen LogP contribution in [0.3, 0.4) is 0 Å². The largest absolute Gasteiger partial charge is 0.497 e. The number of aryl methyl sites for hydroxylation is 1. The first-order chi connectivity index (χ1) is 14.0. The quantitative estimate of drug-likeness (QED) is 0.681. The molecule has 0 saturated carbocycles. The fraction of sp³-hybridized carbons (Fsp3) is 0.0870. The maximum Gasteiger partial charge on any atom is 0.284 e. The van der Waals surface area contributed by atoms with E-state index in [-0.39, 0.29) is 4.90 Å². The van der Waals surface area contributed by atoms with Gasteiger partial charge in [0.1, 0.15) is 5.75 Å². The van der Waals surface area contributed by atoms with Gasteiger partial charge in [-0.05, 0) is 48.9 Å². The molecule has 0 fully saturated rings. The van der Waals surface area contributed by atoms with E-state index in [9.17, 15) is 8.42 Å². The molecule has 1 aliphatic heterocycles. The first-order valence-electron chi connectivity index (χ1n) is 9.10. The average molecular weight is 404 g/mol. The SMILES string of the molecule is COc1ccc(/C=C2/C(=N\S(=O)(=O)c3ccc(C)cc3)Nc3ccccc32)cc1. The summed E-state index contributed by atoms with van der Waals surface area (Å²) >= 11 is 0. The lowest BCUT2D eigenvalue weighted by Gasteiger charge is -2.05. The summed E-state index contributed by atoms with van der Waals surface area (Å²) in [6.45, 7) is 1.91. The molecular formula is C23H20N2O3S. The van der Waals surface area contributed by atoms with E-state index < -0.39 is 10.0 Å². The van der Waals surface area contributed by atoms with Gasteiger partial charge in [-0.25, -0.2) is 0 Å². The van der Waals surface area contributed by atoms with Gasteiger partial charge in [0.2, 0.25) is 0 Å². The number of rotatable bonds is 4. The van der Waals surface area contributed by atoms with E-state index in [1.807, 2.05) is 61.5 Å². The fourth-order valence-electron chi connectivity index (χ4n) is 3.12. The monoisotopic (exact) mass is 404 g/mol. The molecule has 3 aromatic rings. The van der Waals surface area contributed by atoms with Crippen molar-refractivity contribution in [3.63, 3.8) is 0 Å². The number of para-hydroxylation sites is 1. The summed E-state index contributed by atoms with van der Waals surface area (Å²) in [7, 11) is -2.23. The Hall–Kier alpha value is -3.38. The van der Waals surface area contributed by atoms with Crippen LogP contribution < -0.4 is 10.1 Å². The summed E-state index contributed by atoms with van der Waals surface area (Å²) in [5, 5.41) is 3.14. The number of sulfonamides is 1. The molecular weight excluding hydrogens is 384 g/mol. The number of fused-ring (bicyclic) bond motifs is 1. The second-order valence-corrected chi connectivity index (χ2v) is 8.33. The molecule has 1 aliphatic rings. The molecule has 1 N–H and O–H groups in total. The van der Waals surface area contributed by atoms with Crippen molar-refractivity contribution in [1.29, 1.82) is 0 Å². The fourth-order valence-corrected chi connectivity index (χ4v) is 4.09. The van der Waals surface area contributed by atoms with Crippen LogP contribution in [0.25, 0.3) is 11.6 Å². The number of nitrogens with zero attached hydrogens (tertiary/aromatic N) is 1. The highest BCUT2D eigenvalue weighted by atomic mass is 32.2. The average Bonchev–Trinajstić information content (AvgIpc) is 3.05. The predicted octanol–water partition coefficient (Wildman–Crippen LogP) is 4.76. The molecule has 146 valence electrons. The van der Waals surface area contributed by atoms with Crippen LogP contribution in [-0.4, -0.2) is 21.4 Å². The van der Waals surface area contributed by atoms with Crippen LogP contribution in [0.2, 0.25) is 0 Å². The molecule has 0 spiro atoms. The molecule has 6 heteroatoms. The van der Waals surface area contributed by atoms with E-state index in [1.165, 1.54) is 0 Å². The molecule has 0 aromatic heterocycles. The molecule has 4 rings (SSSR count). The zero-order valence-electron chi connectivity index (χ0n) is 16.1. The lowest BCUT2D eigenvalue weighted by Crippen LogP contribution is -2.10. The number of hydrogen-bond acceptors (Lipinski definition) is 3. The smallest absolute Gasteiger partial charge is 0.284 e. The standard InChI is InChI=1S/C23H20N2O3S/c1-16-7-13-19(14-8-16)29(26,27)25-23-21(20-5-3-4-6-22(20)24-23)15-17-9-11-18(28-2)12-10-17/h3-15H,1-2H3,(H,24,25)/b21-15+. The Morgan fingerprint density at radius 2 is 1.62 bits per heavy atom. The molecule has 1 heterocycles. The van der Waals surface area contributed by atoms with Gasteiger partial charge >= 0.3 is 0 Å². The minimum atomic E-state index is -3.85. The van der Waals surface area contributed by atoms with Gasteiger partial charge in [-0.15, -0.1) is 4.40 Å². The highest BCUT2D eigenvalue weighted by Crippen LogP contribution is 2.34. The lowest BCUT2D eigenvalue weighted by molar-refractivity contribution is 0.415. The normalized spacial score (nSPS) is 15.9. The van der Waals surface area contributed by atoms with E-state index in [1.54, 1.807) is 31.4 Å². The third-order valence-electron chi connectivity index (χ3n) is 4.68. The van der Waals surface area contributed by atoms with Gasteiger partial charge in [-0.2, -0.15) is 8.42 Å². The van der Waals surface area contributed by atoms with Gasteiger partial charge in [0.25, 0.3) is 10.0 Å². The summed E-state index contributed by atoms with van der Waals surface area (Å²) in [4.78, 5) is 0.164. The zero-order chi connectivity index (χ0) is 20.4. The predicted molar refractivity (Wildman–Crippen MR) is 117 cm³/mol. The topological polar surface area (TPSA) is 67.8 Å². The molecule has 0 bridgehead atoms. The number of methoxy groups -OCH3 is 1. The highest BCUT2D eigenvalue weighted by Gasteiger charge is 2.25. The zero-order valence-corrected chi connectivity index (χ0v) is 16.9. The Morgan fingerprint density at radius 1 is 0.931 bits per heavy atom. The van der Waals surface area contributed by atoms with Crippen LogP contribution in [0.4, 0.5) is 5.69 Å². The van der Waals surface area contributed by atoms with Crippen molar-refractivity contribution < 1.29 is 13.2 Å². The summed E-state index contributed by atoms with van der Waals surface area (Å²) in [6, 6.07) is 21.9. The number of anilines is 1. The summed E-state index contributed by atoms with van der Waals surface area (Å²) in [6.07, 6.45) is 1.92. The van der Waals surface area contributed by atoms with Gasteiger partial charge in [-0.1, -0.05) is 48.0 Å². The van der Waals surface area contributed by atoms with E-state index in [4.69, 9.17) is 4.74 Å². The number of ether oxygens (including phenoxy) is 1. The lowest BCUT2D eigenvalue weighted by atomic mass is 10.0. The second-order valence-electron chi connectivity index (χ2n) is 6.73. The first-order valence-corrected chi connectivity index (χ1v) is 10.5. The number of benzene rings is 3. The van der Waals surface area contributed by atoms with Gasteiger partial charge in [-0.3, -0.25) is 0 Å². The van der Waals surface area contributed by atoms with Crippen LogP contribution in [0.15, 0.2) is 82.1 Å². The highest BCUT2D eigenvalue weighted by molar-refractivity contribution is 7.90. The third-order valence-corrected chi connectivity index (χ3v) is 5.97. The van der Waals surface area contributed by atoms with Crippen LogP contribution in [0, 0.1) is 6.92 Å². The van der Waals surface area contributed by atoms with Crippen molar-refractivity contribution in [2.24, 2.45) is 4.40 Å². The van der Waals surface area contributed by atoms with Crippen molar-refractivity contribution in [1.82, 2.24) is 0 Å². The van der Waals surface area contributed by atoms with E-state index >= 15 is 0 Å². The maximum absolute atomic E-state index is 12.9. The van der Waals surface area contributed by atoms with E-state index in [0.717, 1.165) is 33.7 Å². The van der Waals surface area contributed by atoms with Crippen molar-refractivity contribution in [3.8, 4) is 5.75 Å². The second kappa shape index (κ2) is 7.56. The number of nitrogens with one attached hydrogen (secondary N) is 1. The van der Waals surface area contributed by atoms with Crippen molar-refractivity contribution in [2.45, 2.75) is 11.8 Å². The van der Waals surface area contributed by atoms with Crippen molar-refractivity contribution in [2.75, 3.05) is 12.4 Å². The summed E-state index contributed by atoms with van der Waals surface area (Å²) in [5.41, 5.74) is 4.36. The van der Waals surface area contributed by atoms with Crippen LogP contribution in [-0.2, 0) is 10.0 Å². The van der Waals surface area contributed by atoms with Gasteiger partial charge in [0, 0.05) is 16.8 Å². The Balaban J connectivity index is 1.80. The molecule has 0 saturated heterocycles. The minimum absolute atomic E-state index is 0.164. The molecule has 3 aromatic carbocycles. The third kappa shape index (κ3) is 3.93. The first kappa shape index (κ1) is 19.0. The molecule has 0 atom stereocenters. The van der Waals surface area contributed by atoms with E-state index in [0.29, 0.717) is 5.84 Å². The van der Waals surface area contributed by atoms with Gasteiger partial charge in [0.05, 0.1) is 12.0 Å². The Labute approximate surface area is 170 Å². The van der Waals surface area contributed by atoms with E-state index in [2.05, 4.69) is 9.71 Å². The van der Waals surface area contributed by atoms with Crippen LogP contribution in [0.5, 0.6) is 5.75 Å². The van der Waals surface area contributed by atoms with Gasteiger partial charge < -0.3 is 10.1 Å². The van der Waals surface area contributed by atoms with Crippen LogP contribution in [0.1, 0.15) is 16.7 Å². The Morgan fingerprint density at radius 3 is 2.31 bits per heavy atom. The minimum Gasteiger partial charge on any atom is -0.497 e. The van der Waals surface area contributed by atoms with Crippen LogP contribution >= 0.6 is 0 Å². The molecule has 0 unspecified atom stereocenters. The van der Waals surface area contributed by atoms with Crippen molar-refractivity contribution in [3.05, 3.63) is 89.5 Å². The maximum atomic E-state index is 12.9.